The molecule has 4 nitrogen and oxygen atoms in total. The van der Waals surface area contributed by atoms with E-state index in [1.807, 2.05) is 0 Å². The van der Waals surface area contributed by atoms with E-state index in [0.29, 0.717) is 12.1 Å². The standard InChI is InChI=1S/C16H30N2O2S/c1-21(19,20)16-7-4-6-15(11-16)18(14-8-9-14)12-13-5-2-3-10-17-13/h13-17H,2-12H2,1H3. The molecule has 1 aliphatic heterocycles. The first-order chi connectivity index (χ1) is 10.0. The molecule has 122 valence electrons. The van der Waals surface area contributed by atoms with Crippen LogP contribution in [0.2, 0.25) is 0 Å². The third kappa shape index (κ3) is 4.20. The zero-order chi connectivity index (χ0) is 14.9. The molecular weight excluding hydrogens is 284 g/mol. The van der Waals surface area contributed by atoms with Crippen LogP contribution in [0.15, 0.2) is 0 Å². The summed E-state index contributed by atoms with van der Waals surface area (Å²) < 4.78 is 23.8. The molecule has 0 spiro atoms. The topological polar surface area (TPSA) is 49.4 Å². The Hall–Kier alpha value is -0.130. The van der Waals surface area contributed by atoms with Crippen molar-refractivity contribution in [2.45, 2.75) is 81.2 Å². The van der Waals surface area contributed by atoms with Crippen LogP contribution in [0, 0.1) is 0 Å². The maximum Gasteiger partial charge on any atom is 0.150 e. The Kier molecular flexibility index (Phi) is 4.91. The SMILES string of the molecule is CS(=O)(=O)C1CCCC(N(CC2CCCCN2)C2CC2)C1. The predicted octanol–water partition coefficient (Wildman–Crippen LogP) is 1.95. The van der Waals surface area contributed by atoms with Crippen LogP contribution in [0.1, 0.15) is 57.8 Å². The van der Waals surface area contributed by atoms with Crippen LogP contribution >= 0.6 is 0 Å². The number of sulfone groups is 1. The molecule has 0 bridgehead atoms. The molecule has 3 fully saturated rings. The second kappa shape index (κ2) is 6.55. The van der Waals surface area contributed by atoms with E-state index in [1.54, 1.807) is 0 Å². The van der Waals surface area contributed by atoms with E-state index in [9.17, 15) is 8.42 Å². The van der Waals surface area contributed by atoms with Gasteiger partial charge in [0.25, 0.3) is 0 Å². The molecule has 3 unspecified atom stereocenters. The van der Waals surface area contributed by atoms with Crippen molar-refractivity contribution in [1.29, 1.82) is 0 Å². The van der Waals surface area contributed by atoms with Crippen molar-refractivity contribution in [2.75, 3.05) is 19.3 Å². The quantitative estimate of drug-likeness (QED) is 0.843. The number of rotatable bonds is 5. The van der Waals surface area contributed by atoms with E-state index < -0.39 is 9.84 Å². The van der Waals surface area contributed by atoms with E-state index >= 15 is 0 Å². The summed E-state index contributed by atoms with van der Waals surface area (Å²) >= 11 is 0. The number of hydrogen-bond acceptors (Lipinski definition) is 4. The second-order valence-electron chi connectivity index (χ2n) is 7.35. The maximum atomic E-state index is 11.9. The lowest BCUT2D eigenvalue weighted by Crippen LogP contribution is -2.50. The summed E-state index contributed by atoms with van der Waals surface area (Å²) in [5.74, 6) is 0. The fourth-order valence-corrected chi connectivity index (χ4v) is 5.31. The van der Waals surface area contributed by atoms with Crippen molar-refractivity contribution < 1.29 is 8.42 Å². The molecule has 0 aromatic heterocycles. The highest BCUT2D eigenvalue weighted by atomic mass is 32.2. The van der Waals surface area contributed by atoms with E-state index in [2.05, 4.69) is 10.2 Å². The third-order valence-corrected chi connectivity index (χ3v) is 7.17. The largest absolute Gasteiger partial charge is 0.313 e. The molecule has 3 aliphatic rings. The molecule has 2 saturated carbocycles. The van der Waals surface area contributed by atoms with Gasteiger partial charge in [0.05, 0.1) is 5.25 Å². The Morgan fingerprint density at radius 2 is 1.81 bits per heavy atom. The van der Waals surface area contributed by atoms with Crippen molar-refractivity contribution in [1.82, 2.24) is 10.2 Å². The van der Waals surface area contributed by atoms with Crippen molar-refractivity contribution in [3.05, 3.63) is 0 Å². The molecule has 1 heterocycles. The monoisotopic (exact) mass is 314 g/mol. The summed E-state index contributed by atoms with van der Waals surface area (Å²) in [6.45, 7) is 2.28. The van der Waals surface area contributed by atoms with Gasteiger partial charge in [-0.2, -0.15) is 0 Å². The summed E-state index contributed by atoms with van der Waals surface area (Å²) in [4.78, 5) is 2.67. The third-order valence-electron chi connectivity index (χ3n) is 5.53. The first kappa shape index (κ1) is 15.8. The van der Waals surface area contributed by atoms with Gasteiger partial charge in [-0.15, -0.1) is 0 Å². The van der Waals surface area contributed by atoms with Gasteiger partial charge in [-0.1, -0.05) is 12.8 Å². The minimum absolute atomic E-state index is 0.100. The van der Waals surface area contributed by atoms with Crippen LogP contribution in [0.5, 0.6) is 0 Å². The highest BCUT2D eigenvalue weighted by molar-refractivity contribution is 7.91. The van der Waals surface area contributed by atoms with Gasteiger partial charge in [-0.25, -0.2) is 8.42 Å². The smallest absolute Gasteiger partial charge is 0.150 e. The number of nitrogens with zero attached hydrogens (tertiary/aromatic N) is 1. The molecule has 5 heteroatoms. The molecule has 2 aliphatic carbocycles. The van der Waals surface area contributed by atoms with Crippen molar-refractivity contribution in [3.63, 3.8) is 0 Å². The molecule has 1 saturated heterocycles. The van der Waals surface area contributed by atoms with Gasteiger partial charge in [0.15, 0.2) is 0 Å². The lowest BCUT2D eigenvalue weighted by atomic mass is 9.92. The normalized spacial score (nSPS) is 35.0. The van der Waals surface area contributed by atoms with E-state index in [4.69, 9.17) is 0 Å². The van der Waals surface area contributed by atoms with Gasteiger partial charge < -0.3 is 5.32 Å². The van der Waals surface area contributed by atoms with Crippen LogP contribution in [-0.2, 0) is 9.84 Å². The zero-order valence-electron chi connectivity index (χ0n) is 13.3. The maximum absolute atomic E-state index is 11.9. The molecule has 3 atom stereocenters. The Bertz CT molecular complexity index is 441. The van der Waals surface area contributed by atoms with Gasteiger partial charge >= 0.3 is 0 Å². The number of hydrogen-bond donors (Lipinski definition) is 1. The second-order valence-corrected chi connectivity index (χ2v) is 9.67. The molecule has 0 radical (unpaired) electrons. The molecule has 0 aromatic rings. The van der Waals surface area contributed by atoms with Crippen molar-refractivity contribution >= 4 is 9.84 Å². The Morgan fingerprint density at radius 3 is 2.43 bits per heavy atom. The highest BCUT2D eigenvalue weighted by Gasteiger charge is 2.39. The van der Waals surface area contributed by atoms with Gasteiger partial charge in [0.2, 0.25) is 0 Å². The summed E-state index contributed by atoms with van der Waals surface area (Å²) in [5, 5.41) is 3.55. The molecule has 21 heavy (non-hydrogen) atoms. The molecular formula is C16H30N2O2S. The fraction of sp³-hybridized carbons (Fsp3) is 1.00. The molecule has 0 amide bonds. The number of nitrogens with one attached hydrogen (secondary N) is 1. The minimum Gasteiger partial charge on any atom is -0.313 e. The van der Waals surface area contributed by atoms with E-state index in [1.165, 1.54) is 44.8 Å². The first-order valence-corrected chi connectivity index (χ1v) is 10.7. The lowest BCUT2D eigenvalue weighted by molar-refractivity contribution is 0.126. The van der Waals surface area contributed by atoms with E-state index in [-0.39, 0.29) is 5.25 Å². The zero-order valence-corrected chi connectivity index (χ0v) is 14.1. The minimum atomic E-state index is -2.87. The Morgan fingerprint density at radius 1 is 1.00 bits per heavy atom. The molecule has 3 rings (SSSR count). The Labute approximate surface area is 129 Å². The summed E-state index contributed by atoms with van der Waals surface area (Å²) in [6, 6.07) is 1.85. The lowest BCUT2D eigenvalue weighted by Gasteiger charge is -2.40. The van der Waals surface area contributed by atoms with Crippen molar-refractivity contribution in [3.8, 4) is 0 Å². The van der Waals surface area contributed by atoms with Crippen LogP contribution < -0.4 is 5.32 Å². The van der Waals surface area contributed by atoms with Gasteiger partial charge in [0.1, 0.15) is 9.84 Å². The van der Waals surface area contributed by atoms with Crippen LogP contribution in [0.25, 0.3) is 0 Å². The predicted molar refractivity (Wildman–Crippen MR) is 86.3 cm³/mol. The summed E-state index contributed by atoms with van der Waals surface area (Å²) in [7, 11) is -2.87. The Balaban J connectivity index is 1.63. The van der Waals surface area contributed by atoms with Crippen LogP contribution in [0.3, 0.4) is 0 Å². The summed E-state index contributed by atoms with van der Waals surface area (Å²) in [5.41, 5.74) is 0. The van der Waals surface area contributed by atoms with E-state index in [0.717, 1.165) is 38.4 Å². The fourth-order valence-electron chi connectivity index (χ4n) is 4.15. The summed E-state index contributed by atoms with van der Waals surface area (Å²) in [6.07, 6.45) is 12.0. The van der Waals surface area contributed by atoms with Gasteiger partial charge in [-0.05, 0) is 51.5 Å². The molecule has 1 N–H and O–H groups in total. The first-order valence-electron chi connectivity index (χ1n) is 8.72. The van der Waals surface area contributed by atoms with Crippen LogP contribution in [0.4, 0.5) is 0 Å². The highest BCUT2D eigenvalue weighted by Crippen LogP contribution is 2.35. The van der Waals surface area contributed by atoms with Crippen LogP contribution in [-0.4, -0.2) is 56.0 Å². The molecule has 0 aromatic carbocycles. The average molecular weight is 314 g/mol. The van der Waals surface area contributed by atoms with Crippen molar-refractivity contribution in [2.24, 2.45) is 0 Å². The van der Waals surface area contributed by atoms with Gasteiger partial charge in [-0.3, -0.25) is 4.90 Å². The van der Waals surface area contributed by atoms with Gasteiger partial charge in [0, 0.05) is 30.9 Å². The number of piperidine rings is 1. The average Bonchev–Trinajstić information content (AvgIpc) is 3.30.